The topological polar surface area (TPSA) is 113 Å². The second kappa shape index (κ2) is 9.17. The zero-order valence-corrected chi connectivity index (χ0v) is 18.0. The second-order valence-electron chi connectivity index (χ2n) is 6.78. The molecule has 0 bridgehead atoms. The Hall–Kier alpha value is -3.87. The fraction of sp³-hybridized carbons (Fsp3) is 0.200. The molecule has 0 aliphatic carbocycles. The van der Waals surface area contributed by atoms with E-state index >= 15 is 0 Å². The first-order valence-corrected chi connectivity index (χ1v) is 9.61. The maximum atomic E-state index is 14.6. The SMILES string of the molecule is CC(Oc1ncccc1Oc1cc(-n2c(=O)cc(C(F)(F)F)n(C)c2=O)c(F)cc1Cl)C(=O)O. The van der Waals surface area contributed by atoms with Gasteiger partial charge in [0.05, 0.1) is 10.7 Å². The van der Waals surface area contributed by atoms with Crippen LogP contribution in [-0.4, -0.2) is 31.3 Å². The molecule has 3 aromatic rings. The van der Waals surface area contributed by atoms with Crippen molar-refractivity contribution in [3.8, 4) is 23.1 Å². The number of hydrogen-bond donors (Lipinski definition) is 1. The molecule has 0 saturated heterocycles. The van der Waals surface area contributed by atoms with Crippen LogP contribution in [0.2, 0.25) is 5.02 Å². The number of carboxylic acid groups (broad SMARTS) is 1. The molecule has 1 unspecified atom stereocenters. The quantitative estimate of drug-likeness (QED) is 0.513. The molecule has 9 nitrogen and oxygen atoms in total. The Balaban J connectivity index is 2.12. The number of rotatable bonds is 6. The Morgan fingerprint density at radius 1 is 1.21 bits per heavy atom. The summed E-state index contributed by atoms with van der Waals surface area (Å²) in [4.78, 5) is 39.7. The van der Waals surface area contributed by atoms with E-state index in [4.69, 9.17) is 26.2 Å². The predicted octanol–water partition coefficient (Wildman–Crippen LogP) is 3.39. The normalized spacial score (nSPS) is 12.3. The van der Waals surface area contributed by atoms with Crippen LogP contribution in [0.3, 0.4) is 0 Å². The summed E-state index contributed by atoms with van der Waals surface area (Å²) >= 11 is 6.00. The van der Waals surface area contributed by atoms with Gasteiger partial charge in [-0.25, -0.2) is 23.5 Å². The number of halogens is 5. The summed E-state index contributed by atoms with van der Waals surface area (Å²) < 4.78 is 65.0. The molecule has 1 aromatic carbocycles. The molecule has 2 heterocycles. The first-order chi connectivity index (χ1) is 15.8. The van der Waals surface area contributed by atoms with Gasteiger partial charge in [0.25, 0.3) is 11.4 Å². The molecule has 0 spiro atoms. The number of carboxylic acids is 1. The van der Waals surface area contributed by atoms with Crippen molar-refractivity contribution >= 4 is 17.6 Å². The van der Waals surface area contributed by atoms with Gasteiger partial charge in [-0.3, -0.25) is 9.36 Å². The van der Waals surface area contributed by atoms with Gasteiger partial charge in [0.1, 0.15) is 17.3 Å². The lowest BCUT2D eigenvalue weighted by Gasteiger charge is -2.16. The number of alkyl halides is 3. The monoisotopic (exact) mass is 503 g/mol. The largest absolute Gasteiger partial charge is 0.479 e. The number of pyridine rings is 1. The third-order valence-electron chi connectivity index (χ3n) is 4.45. The predicted molar refractivity (Wildman–Crippen MR) is 109 cm³/mol. The molecule has 14 heteroatoms. The van der Waals surface area contributed by atoms with Gasteiger partial charge in [0, 0.05) is 25.4 Å². The van der Waals surface area contributed by atoms with Crippen LogP contribution in [0.25, 0.3) is 5.69 Å². The summed E-state index contributed by atoms with van der Waals surface area (Å²) in [5, 5.41) is 8.68. The minimum atomic E-state index is -5.00. The van der Waals surface area contributed by atoms with Crippen LogP contribution < -0.4 is 20.7 Å². The van der Waals surface area contributed by atoms with Crippen LogP contribution in [0.1, 0.15) is 12.6 Å². The first kappa shape index (κ1) is 24.8. The molecule has 0 aliphatic rings. The van der Waals surface area contributed by atoms with E-state index in [9.17, 15) is 31.9 Å². The lowest BCUT2D eigenvalue weighted by molar-refractivity contribution is -0.145. The summed E-state index contributed by atoms with van der Waals surface area (Å²) in [5.74, 6) is -3.23. The van der Waals surface area contributed by atoms with Crippen molar-refractivity contribution in [3.63, 3.8) is 0 Å². The lowest BCUT2D eigenvalue weighted by Crippen LogP contribution is -2.41. The van der Waals surface area contributed by atoms with Crippen LogP contribution in [0.4, 0.5) is 17.6 Å². The van der Waals surface area contributed by atoms with Gasteiger partial charge in [-0.05, 0) is 25.1 Å². The van der Waals surface area contributed by atoms with Crippen molar-refractivity contribution in [2.75, 3.05) is 0 Å². The smallest absolute Gasteiger partial charge is 0.431 e. The molecule has 2 aromatic heterocycles. The Bertz CT molecular complexity index is 1390. The van der Waals surface area contributed by atoms with Crippen molar-refractivity contribution < 1.29 is 36.9 Å². The number of nitrogens with zero attached hydrogens (tertiary/aromatic N) is 3. The Morgan fingerprint density at radius 3 is 2.50 bits per heavy atom. The van der Waals surface area contributed by atoms with E-state index in [1.54, 1.807) is 0 Å². The van der Waals surface area contributed by atoms with Gasteiger partial charge in [0.2, 0.25) is 0 Å². The lowest BCUT2D eigenvalue weighted by atomic mass is 10.2. The molecule has 0 fully saturated rings. The molecule has 1 N–H and O–H groups in total. The highest BCUT2D eigenvalue weighted by Crippen LogP contribution is 2.36. The number of ether oxygens (including phenoxy) is 2. The molecule has 0 aliphatic heterocycles. The molecule has 0 saturated carbocycles. The van der Waals surface area contributed by atoms with Crippen LogP contribution in [-0.2, 0) is 18.0 Å². The Morgan fingerprint density at radius 2 is 1.88 bits per heavy atom. The number of carbonyl (C=O) groups is 1. The number of benzene rings is 1. The molecule has 1 atom stereocenters. The first-order valence-electron chi connectivity index (χ1n) is 9.23. The minimum absolute atomic E-state index is 0.149. The fourth-order valence-electron chi connectivity index (χ4n) is 2.77. The molecular formula is C20H14ClF4N3O6. The average Bonchev–Trinajstić information content (AvgIpc) is 2.74. The van der Waals surface area contributed by atoms with Crippen molar-refractivity contribution in [1.82, 2.24) is 14.1 Å². The summed E-state index contributed by atoms with van der Waals surface area (Å²) in [6, 6.07) is 4.38. The number of hydrogen-bond acceptors (Lipinski definition) is 6. The summed E-state index contributed by atoms with van der Waals surface area (Å²) in [5.41, 5.74) is -5.16. The van der Waals surface area contributed by atoms with Crippen molar-refractivity contribution in [3.05, 3.63) is 73.9 Å². The highest BCUT2D eigenvalue weighted by Gasteiger charge is 2.35. The van der Waals surface area contributed by atoms with E-state index in [2.05, 4.69) is 4.98 Å². The standard InChI is InChI=1S/C20H14ClF4N3O6/c1-9(18(30)31)33-17-13(4-3-5-26-17)34-14-7-12(11(22)6-10(14)21)28-16(29)8-15(20(23,24)25)27(2)19(28)32/h3-9H,1-2H3,(H,30,31). The zero-order chi connectivity index (χ0) is 25.4. The third kappa shape index (κ3) is 4.88. The van der Waals surface area contributed by atoms with Gasteiger partial charge in [-0.2, -0.15) is 13.2 Å². The summed E-state index contributed by atoms with van der Waals surface area (Å²) in [6.45, 7) is 1.23. The van der Waals surface area contributed by atoms with E-state index in [1.165, 1.54) is 25.3 Å². The molecule has 0 amide bonds. The second-order valence-corrected chi connectivity index (χ2v) is 7.19. The van der Waals surface area contributed by atoms with Crippen LogP contribution in [0, 0.1) is 5.82 Å². The van der Waals surface area contributed by atoms with E-state index in [1.807, 2.05) is 0 Å². The van der Waals surface area contributed by atoms with E-state index in [0.717, 1.165) is 13.1 Å². The molecule has 34 heavy (non-hydrogen) atoms. The van der Waals surface area contributed by atoms with E-state index in [0.29, 0.717) is 6.07 Å². The molecule has 3 rings (SSSR count). The third-order valence-corrected chi connectivity index (χ3v) is 4.74. The Labute approximate surface area is 192 Å². The maximum Gasteiger partial charge on any atom is 0.431 e. The molecular weight excluding hydrogens is 490 g/mol. The van der Waals surface area contributed by atoms with E-state index < -0.39 is 46.7 Å². The molecule has 180 valence electrons. The van der Waals surface area contributed by atoms with Crippen molar-refractivity contribution in [2.45, 2.75) is 19.2 Å². The summed E-state index contributed by atoms with van der Waals surface area (Å²) in [7, 11) is 0.773. The van der Waals surface area contributed by atoms with Gasteiger partial charge in [0.15, 0.2) is 11.9 Å². The van der Waals surface area contributed by atoms with Crippen LogP contribution >= 0.6 is 11.6 Å². The zero-order valence-electron chi connectivity index (χ0n) is 17.3. The fourth-order valence-corrected chi connectivity index (χ4v) is 2.95. The number of aliphatic carboxylic acids is 1. The van der Waals surface area contributed by atoms with Gasteiger partial charge >= 0.3 is 17.8 Å². The summed E-state index contributed by atoms with van der Waals surface area (Å²) in [6.07, 6.45) is -5.03. The molecule has 0 radical (unpaired) electrons. The highest BCUT2D eigenvalue weighted by atomic mass is 35.5. The minimum Gasteiger partial charge on any atom is -0.479 e. The van der Waals surface area contributed by atoms with Crippen LogP contribution in [0.15, 0.2) is 46.1 Å². The highest BCUT2D eigenvalue weighted by molar-refractivity contribution is 6.32. The number of aromatic nitrogens is 3. The van der Waals surface area contributed by atoms with E-state index in [-0.39, 0.29) is 37.6 Å². The van der Waals surface area contributed by atoms with Gasteiger partial charge in [-0.1, -0.05) is 11.6 Å². The van der Waals surface area contributed by atoms with Crippen molar-refractivity contribution in [1.29, 1.82) is 0 Å². The van der Waals surface area contributed by atoms with Crippen LogP contribution in [0.5, 0.6) is 17.4 Å². The Kier molecular flexibility index (Phi) is 6.68. The maximum absolute atomic E-state index is 14.6. The van der Waals surface area contributed by atoms with Gasteiger partial charge in [-0.15, -0.1) is 0 Å². The average molecular weight is 504 g/mol. The van der Waals surface area contributed by atoms with Crippen molar-refractivity contribution in [2.24, 2.45) is 7.05 Å². The van der Waals surface area contributed by atoms with Gasteiger partial charge < -0.3 is 14.6 Å².